The summed E-state index contributed by atoms with van der Waals surface area (Å²) >= 11 is 0. The number of nitrogen functional groups attached to an aromatic ring is 1. The van der Waals surface area contributed by atoms with Crippen LogP contribution in [0.25, 0.3) is 0 Å². The molecule has 1 fully saturated rings. The summed E-state index contributed by atoms with van der Waals surface area (Å²) in [6, 6.07) is 3.43. The van der Waals surface area contributed by atoms with Crippen LogP contribution in [0.15, 0.2) is 23.1 Å². The van der Waals surface area contributed by atoms with Gasteiger partial charge in [-0.2, -0.15) is 4.31 Å². The lowest BCUT2D eigenvalue weighted by Gasteiger charge is -2.30. The summed E-state index contributed by atoms with van der Waals surface area (Å²) in [6.45, 7) is 2.75. The molecule has 1 aliphatic heterocycles. The Labute approximate surface area is 105 Å². The number of ether oxygens (including phenoxy) is 1. The van der Waals surface area contributed by atoms with Gasteiger partial charge in [-0.25, -0.2) is 12.8 Å². The van der Waals surface area contributed by atoms with E-state index in [9.17, 15) is 12.8 Å². The molecule has 100 valence electrons. The predicted molar refractivity (Wildman–Crippen MR) is 65.0 cm³/mol. The molecule has 5 nitrogen and oxygen atoms in total. The van der Waals surface area contributed by atoms with Crippen molar-refractivity contribution in [2.24, 2.45) is 0 Å². The summed E-state index contributed by atoms with van der Waals surface area (Å²) in [4.78, 5) is 0.00972. The third-order valence-electron chi connectivity index (χ3n) is 2.81. The fourth-order valence-corrected chi connectivity index (χ4v) is 3.37. The molecule has 1 aromatic rings. The smallest absolute Gasteiger partial charge is 0.243 e. The maximum Gasteiger partial charge on any atom is 0.243 e. The van der Waals surface area contributed by atoms with E-state index in [1.165, 1.54) is 10.4 Å². The molecular weight excluding hydrogens is 259 g/mol. The number of hydrogen-bond donors (Lipinski definition) is 1. The van der Waals surface area contributed by atoms with Crippen LogP contribution >= 0.6 is 0 Å². The fourth-order valence-electron chi connectivity index (χ4n) is 1.84. The van der Waals surface area contributed by atoms with Gasteiger partial charge < -0.3 is 10.5 Å². The monoisotopic (exact) mass is 274 g/mol. The molecule has 0 saturated carbocycles. The predicted octanol–water partition coefficient (Wildman–Crippen LogP) is 0.817. The number of halogens is 1. The van der Waals surface area contributed by atoms with Gasteiger partial charge in [-0.05, 0) is 25.1 Å². The summed E-state index contributed by atoms with van der Waals surface area (Å²) < 4.78 is 44.2. The number of sulfonamides is 1. The van der Waals surface area contributed by atoms with Gasteiger partial charge in [-0.3, -0.25) is 0 Å². The lowest BCUT2D eigenvalue weighted by atomic mass is 10.3. The molecule has 1 atom stereocenters. The molecule has 1 saturated heterocycles. The van der Waals surface area contributed by atoms with Crippen molar-refractivity contribution in [3.05, 3.63) is 24.0 Å². The van der Waals surface area contributed by atoms with E-state index < -0.39 is 15.8 Å². The highest BCUT2D eigenvalue weighted by Gasteiger charge is 2.29. The average Bonchev–Trinajstić information content (AvgIpc) is 2.32. The van der Waals surface area contributed by atoms with Crippen LogP contribution in [0.4, 0.5) is 10.1 Å². The van der Waals surface area contributed by atoms with Crippen LogP contribution in [0.5, 0.6) is 0 Å². The minimum Gasteiger partial charge on any atom is -0.396 e. The minimum atomic E-state index is -3.63. The Morgan fingerprint density at radius 1 is 1.50 bits per heavy atom. The second kappa shape index (κ2) is 4.83. The Bertz CT molecular complexity index is 547. The van der Waals surface area contributed by atoms with Crippen LogP contribution in [0, 0.1) is 5.82 Å². The third kappa shape index (κ3) is 2.47. The quantitative estimate of drug-likeness (QED) is 0.810. The first-order valence-electron chi connectivity index (χ1n) is 5.58. The molecule has 0 amide bonds. The molecule has 0 bridgehead atoms. The maximum absolute atomic E-state index is 13.0. The molecule has 0 aromatic heterocycles. The largest absolute Gasteiger partial charge is 0.396 e. The number of benzene rings is 1. The first kappa shape index (κ1) is 13.3. The van der Waals surface area contributed by atoms with E-state index in [4.69, 9.17) is 10.5 Å². The van der Waals surface area contributed by atoms with Crippen LogP contribution < -0.4 is 5.73 Å². The van der Waals surface area contributed by atoms with Crippen LogP contribution in [-0.4, -0.2) is 38.5 Å². The van der Waals surface area contributed by atoms with Crippen molar-refractivity contribution in [2.45, 2.75) is 17.9 Å². The van der Waals surface area contributed by atoms with Gasteiger partial charge in [0.2, 0.25) is 10.0 Å². The highest BCUT2D eigenvalue weighted by Crippen LogP contribution is 2.22. The van der Waals surface area contributed by atoms with Crippen molar-refractivity contribution in [1.82, 2.24) is 4.31 Å². The molecule has 0 aliphatic carbocycles. The fraction of sp³-hybridized carbons (Fsp3) is 0.455. The molecule has 18 heavy (non-hydrogen) atoms. The van der Waals surface area contributed by atoms with Gasteiger partial charge in [0.1, 0.15) is 5.82 Å². The third-order valence-corrected chi connectivity index (χ3v) is 4.67. The number of morpholine rings is 1. The van der Waals surface area contributed by atoms with Crippen LogP contribution in [0.1, 0.15) is 6.92 Å². The topological polar surface area (TPSA) is 72.6 Å². The van der Waals surface area contributed by atoms with Crippen molar-refractivity contribution in [3.63, 3.8) is 0 Å². The van der Waals surface area contributed by atoms with Gasteiger partial charge in [0, 0.05) is 13.1 Å². The van der Waals surface area contributed by atoms with Gasteiger partial charge in [0.25, 0.3) is 0 Å². The summed E-state index contributed by atoms with van der Waals surface area (Å²) in [5, 5.41) is 0. The van der Waals surface area contributed by atoms with Gasteiger partial charge in [-0.1, -0.05) is 0 Å². The second-order valence-electron chi connectivity index (χ2n) is 4.23. The van der Waals surface area contributed by atoms with Crippen molar-refractivity contribution in [2.75, 3.05) is 25.4 Å². The molecule has 2 N–H and O–H groups in total. The number of anilines is 1. The molecule has 1 heterocycles. The number of nitrogens with two attached hydrogens (primary N) is 1. The summed E-state index contributed by atoms with van der Waals surface area (Å²) in [7, 11) is -3.63. The Morgan fingerprint density at radius 3 is 2.83 bits per heavy atom. The first-order chi connectivity index (χ1) is 8.41. The Balaban J connectivity index is 2.32. The standard InChI is InChI=1S/C11H15FN2O3S/c1-8-7-14(4-5-17-8)18(15,16)9-2-3-10(12)11(13)6-9/h2-3,6,8H,4-5,7,13H2,1H3. The Morgan fingerprint density at radius 2 is 2.22 bits per heavy atom. The van der Waals surface area contributed by atoms with E-state index in [1.54, 1.807) is 6.92 Å². The highest BCUT2D eigenvalue weighted by molar-refractivity contribution is 7.89. The normalized spacial score (nSPS) is 22.0. The molecule has 1 aliphatic rings. The molecule has 1 unspecified atom stereocenters. The van der Waals surface area contributed by atoms with E-state index in [2.05, 4.69) is 0 Å². The molecule has 1 aromatic carbocycles. The Kier molecular flexibility index (Phi) is 3.56. The van der Waals surface area contributed by atoms with Crippen LogP contribution in [0.3, 0.4) is 0 Å². The minimum absolute atomic E-state index is 0.00972. The van der Waals surface area contributed by atoms with Gasteiger partial charge in [0.15, 0.2) is 0 Å². The summed E-state index contributed by atoms with van der Waals surface area (Å²) in [5.74, 6) is -0.621. The molecule has 2 rings (SSSR count). The Hall–Kier alpha value is -1.18. The van der Waals surface area contributed by atoms with Crippen molar-refractivity contribution in [1.29, 1.82) is 0 Å². The molecule has 0 spiro atoms. The van der Waals surface area contributed by atoms with Gasteiger partial charge >= 0.3 is 0 Å². The molecule has 7 heteroatoms. The van der Waals surface area contributed by atoms with E-state index in [0.29, 0.717) is 19.7 Å². The lowest BCUT2D eigenvalue weighted by Crippen LogP contribution is -2.44. The number of nitrogens with zero attached hydrogens (tertiary/aromatic N) is 1. The zero-order chi connectivity index (χ0) is 13.3. The lowest BCUT2D eigenvalue weighted by molar-refractivity contribution is 0.0102. The van der Waals surface area contributed by atoms with Gasteiger partial charge in [0.05, 0.1) is 23.3 Å². The second-order valence-corrected chi connectivity index (χ2v) is 6.17. The van der Waals surface area contributed by atoms with E-state index >= 15 is 0 Å². The van der Waals surface area contributed by atoms with E-state index in [-0.39, 0.29) is 16.7 Å². The van der Waals surface area contributed by atoms with Crippen LogP contribution in [0.2, 0.25) is 0 Å². The van der Waals surface area contributed by atoms with E-state index in [1.807, 2.05) is 0 Å². The van der Waals surface area contributed by atoms with Gasteiger partial charge in [-0.15, -0.1) is 0 Å². The molecule has 0 radical (unpaired) electrons. The number of rotatable bonds is 2. The van der Waals surface area contributed by atoms with Crippen LogP contribution in [-0.2, 0) is 14.8 Å². The van der Waals surface area contributed by atoms with E-state index in [0.717, 1.165) is 12.1 Å². The number of hydrogen-bond acceptors (Lipinski definition) is 4. The van der Waals surface area contributed by atoms with Crippen molar-refractivity contribution < 1.29 is 17.5 Å². The van der Waals surface area contributed by atoms with Crippen molar-refractivity contribution in [3.8, 4) is 0 Å². The first-order valence-corrected chi connectivity index (χ1v) is 7.02. The zero-order valence-corrected chi connectivity index (χ0v) is 10.8. The molecular formula is C11H15FN2O3S. The SMILES string of the molecule is CC1CN(S(=O)(=O)c2ccc(F)c(N)c2)CCO1. The van der Waals surface area contributed by atoms with Crippen molar-refractivity contribution >= 4 is 15.7 Å². The maximum atomic E-state index is 13.0. The summed E-state index contributed by atoms with van der Waals surface area (Å²) in [6.07, 6.45) is -0.147. The average molecular weight is 274 g/mol. The highest BCUT2D eigenvalue weighted by atomic mass is 32.2. The summed E-state index contributed by atoms with van der Waals surface area (Å²) in [5.41, 5.74) is 5.22. The zero-order valence-electron chi connectivity index (χ0n) is 9.97.